The molecular formula is C19H22N6O. The van der Waals surface area contributed by atoms with Crippen molar-refractivity contribution in [3.05, 3.63) is 60.2 Å². The number of carbonyl (C=O) groups is 1. The number of rotatable bonds is 8. The molecule has 26 heavy (non-hydrogen) atoms. The molecule has 0 atom stereocenters. The SMILES string of the molecule is CNCCC(=O)Nc1ccc(CCn2nnc(-c3ccccc3)n2)cc1. The molecule has 0 radical (unpaired) electrons. The molecule has 0 saturated carbocycles. The topological polar surface area (TPSA) is 84.7 Å². The van der Waals surface area contributed by atoms with Gasteiger partial charge in [-0.3, -0.25) is 4.79 Å². The smallest absolute Gasteiger partial charge is 0.225 e. The van der Waals surface area contributed by atoms with Crippen LogP contribution < -0.4 is 10.6 Å². The number of carbonyl (C=O) groups excluding carboxylic acids is 1. The van der Waals surface area contributed by atoms with Gasteiger partial charge in [-0.25, -0.2) is 0 Å². The third kappa shape index (κ3) is 4.97. The van der Waals surface area contributed by atoms with E-state index in [2.05, 4.69) is 26.0 Å². The van der Waals surface area contributed by atoms with E-state index in [1.54, 1.807) is 4.80 Å². The Morgan fingerprint density at radius 3 is 2.58 bits per heavy atom. The Kier molecular flexibility index (Phi) is 6.05. The molecule has 0 spiro atoms. The number of amides is 1. The molecule has 7 heteroatoms. The molecule has 1 heterocycles. The summed E-state index contributed by atoms with van der Waals surface area (Å²) in [7, 11) is 1.83. The summed E-state index contributed by atoms with van der Waals surface area (Å²) in [6.45, 7) is 1.31. The highest BCUT2D eigenvalue weighted by molar-refractivity contribution is 5.90. The fraction of sp³-hybridized carbons (Fsp3) is 0.263. The van der Waals surface area contributed by atoms with Crippen molar-refractivity contribution in [3.63, 3.8) is 0 Å². The van der Waals surface area contributed by atoms with Gasteiger partial charge in [-0.2, -0.15) is 4.80 Å². The van der Waals surface area contributed by atoms with Crippen molar-refractivity contribution in [1.82, 2.24) is 25.5 Å². The maximum absolute atomic E-state index is 11.7. The Hall–Kier alpha value is -3.06. The minimum atomic E-state index is 0.00681. The number of hydrogen-bond acceptors (Lipinski definition) is 5. The molecule has 7 nitrogen and oxygen atoms in total. The highest BCUT2D eigenvalue weighted by Crippen LogP contribution is 2.13. The van der Waals surface area contributed by atoms with E-state index in [9.17, 15) is 4.79 Å². The van der Waals surface area contributed by atoms with Crippen molar-refractivity contribution in [1.29, 1.82) is 0 Å². The molecule has 2 N–H and O–H groups in total. The van der Waals surface area contributed by atoms with E-state index in [1.807, 2.05) is 61.6 Å². The minimum Gasteiger partial charge on any atom is -0.326 e. The lowest BCUT2D eigenvalue weighted by molar-refractivity contribution is -0.116. The van der Waals surface area contributed by atoms with Crippen LogP contribution in [-0.4, -0.2) is 39.7 Å². The van der Waals surface area contributed by atoms with E-state index in [-0.39, 0.29) is 5.91 Å². The van der Waals surface area contributed by atoms with Gasteiger partial charge < -0.3 is 10.6 Å². The first-order valence-electron chi connectivity index (χ1n) is 8.61. The predicted molar refractivity (Wildman–Crippen MR) is 101 cm³/mol. The monoisotopic (exact) mass is 350 g/mol. The summed E-state index contributed by atoms with van der Waals surface area (Å²) in [5.74, 6) is 0.637. The quantitative estimate of drug-likeness (QED) is 0.650. The van der Waals surface area contributed by atoms with Gasteiger partial charge in [-0.15, -0.1) is 10.2 Å². The zero-order valence-corrected chi connectivity index (χ0v) is 14.7. The van der Waals surface area contributed by atoms with Crippen LogP contribution in [0.1, 0.15) is 12.0 Å². The molecule has 0 aliphatic heterocycles. The highest BCUT2D eigenvalue weighted by Gasteiger charge is 2.06. The first kappa shape index (κ1) is 17.8. The molecule has 0 bridgehead atoms. The second kappa shape index (κ2) is 8.87. The van der Waals surface area contributed by atoms with E-state index >= 15 is 0 Å². The van der Waals surface area contributed by atoms with Crippen LogP contribution in [-0.2, 0) is 17.8 Å². The van der Waals surface area contributed by atoms with E-state index in [1.165, 1.54) is 0 Å². The summed E-state index contributed by atoms with van der Waals surface area (Å²) < 4.78 is 0. The van der Waals surface area contributed by atoms with Crippen LogP contribution in [0.15, 0.2) is 54.6 Å². The Morgan fingerprint density at radius 2 is 1.85 bits per heavy atom. The van der Waals surface area contributed by atoms with Crippen molar-refractivity contribution < 1.29 is 4.79 Å². The van der Waals surface area contributed by atoms with E-state index in [0.717, 1.165) is 23.2 Å². The number of tetrazole rings is 1. The van der Waals surface area contributed by atoms with Crippen LogP contribution in [0.4, 0.5) is 5.69 Å². The van der Waals surface area contributed by atoms with Gasteiger partial charge >= 0.3 is 0 Å². The summed E-state index contributed by atoms with van der Waals surface area (Å²) in [6, 6.07) is 17.6. The summed E-state index contributed by atoms with van der Waals surface area (Å²) in [4.78, 5) is 13.3. The molecule has 134 valence electrons. The third-order valence-electron chi connectivity index (χ3n) is 3.93. The molecule has 0 aliphatic rings. The number of aromatic nitrogens is 4. The van der Waals surface area contributed by atoms with Gasteiger partial charge in [-0.1, -0.05) is 42.5 Å². The lowest BCUT2D eigenvalue weighted by atomic mass is 10.1. The average molecular weight is 350 g/mol. The Balaban J connectivity index is 1.52. The third-order valence-corrected chi connectivity index (χ3v) is 3.93. The number of benzene rings is 2. The van der Waals surface area contributed by atoms with E-state index < -0.39 is 0 Å². The van der Waals surface area contributed by atoms with Gasteiger partial charge in [0.25, 0.3) is 0 Å². The Labute approximate surface area is 152 Å². The van der Waals surface area contributed by atoms with Gasteiger partial charge in [0, 0.05) is 24.2 Å². The fourth-order valence-electron chi connectivity index (χ4n) is 2.49. The van der Waals surface area contributed by atoms with Crippen LogP contribution >= 0.6 is 0 Å². The zero-order valence-electron chi connectivity index (χ0n) is 14.7. The first-order valence-corrected chi connectivity index (χ1v) is 8.61. The van der Waals surface area contributed by atoms with Crippen molar-refractivity contribution in [3.8, 4) is 11.4 Å². The predicted octanol–water partition coefficient (Wildman–Crippen LogP) is 2.13. The van der Waals surface area contributed by atoms with E-state index in [4.69, 9.17) is 0 Å². The van der Waals surface area contributed by atoms with Crippen LogP contribution in [0, 0.1) is 0 Å². The molecular weight excluding hydrogens is 328 g/mol. The summed E-state index contributed by atoms with van der Waals surface area (Å²) in [6.07, 6.45) is 1.25. The lowest BCUT2D eigenvalue weighted by Crippen LogP contribution is -2.18. The molecule has 1 amide bonds. The molecule has 0 saturated heterocycles. The maximum Gasteiger partial charge on any atom is 0.225 e. The molecule has 3 aromatic rings. The van der Waals surface area contributed by atoms with Crippen LogP contribution in [0.5, 0.6) is 0 Å². The second-order valence-corrected chi connectivity index (χ2v) is 5.92. The lowest BCUT2D eigenvalue weighted by Gasteiger charge is -2.06. The highest BCUT2D eigenvalue weighted by atomic mass is 16.1. The van der Waals surface area contributed by atoms with Crippen molar-refractivity contribution >= 4 is 11.6 Å². The number of hydrogen-bond donors (Lipinski definition) is 2. The van der Waals surface area contributed by atoms with Gasteiger partial charge in [0.05, 0.1) is 6.54 Å². The first-order chi connectivity index (χ1) is 12.7. The average Bonchev–Trinajstić information content (AvgIpc) is 3.16. The van der Waals surface area contributed by atoms with Gasteiger partial charge in [0.15, 0.2) is 0 Å². The number of anilines is 1. The van der Waals surface area contributed by atoms with Crippen LogP contribution in [0.2, 0.25) is 0 Å². The second-order valence-electron chi connectivity index (χ2n) is 5.92. The molecule has 3 rings (SSSR count). The number of nitrogens with zero attached hydrogens (tertiary/aromatic N) is 4. The Morgan fingerprint density at radius 1 is 1.08 bits per heavy atom. The van der Waals surface area contributed by atoms with Gasteiger partial charge in [0.2, 0.25) is 11.7 Å². The molecule has 0 unspecified atom stereocenters. The van der Waals surface area contributed by atoms with Gasteiger partial charge in [0.1, 0.15) is 0 Å². The summed E-state index contributed by atoms with van der Waals surface area (Å²) in [5, 5.41) is 18.5. The number of nitrogens with one attached hydrogen (secondary N) is 2. The zero-order chi connectivity index (χ0) is 18.2. The fourth-order valence-corrected chi connectivity index (χ4v) is 2.49. The molecule has 0 fully saturated rings. The number of aryl methyl sites for hydroxylation is 2. The standard InChI is InChI=1S/C19H22N6O/c1-20-13-11-18(26)21-17-9-7-15(8-10-17)12-14-25-23-19(22-24-25)16-5-3-2-4-6-16/h2-10,20H,11-14H2,1H3,(H,21,26). The summed E-state index contributed by atoms with van der Waals surface area (Å²) >= 11 is 0. The maximum atomic E-state index is 11.7. The van der Waals surface area contributed by atoms with Crippen LogP contribution in [0.25, 0.3) is 11.4 Å². The van der Waals surface area contributed by atoms with Gasteiger partial charge in [-0.05, 0) is 36.4 Å². The Bertz CT molecular complexity index is 829. The molecule has 0 aliphatic carbocycles. The molecule has 1 aromatic heterocycles. The largest absolute Gasteiger partial charge is 0.326 e. The van der Waals surface area contributed by atoms with Crippen LogP contribution in [0.3, 0.4) is 0 Å². The molecule has 2 aromatic carbocycles. The van der Waals surface area contributed by atoms with Crippen molar-refractivity contribution in [2.45, 2.75) is 19.4 Å². The van der Waals surface area contributed by atoms with E-state index in [0.29, 0.717) is 25.3 Å². The summed E-state index contributed by atoms with van der Waals surface area (Å²) in [5.41, 5.74) is 2.91. The normalized spacial score (nSPS) is 10.7. The van der Waals surface area contributed by atoms with Crippen molar-refractivity contribution in [2.75, 3.05) is 18.9 Å². The minimum absolute atomic E-state index is 0.00681. The van der Waals surface area contributed by atoms with Crippen molar-refractivity contribution in [2.24, 2.45) is 0 Å².